The number of sulfonamides is 1. The molecule has 1 aliphatic heterocycles. The number of benzene rings is 3. The van der Waals surface area contributed by atoms with Gasteiger partial charge in [0.1, 0.15) is 11.6 Å². The number of rotatable bonds is 10. The zero-order valence-corrected chi connectivity index (χ0v) is 23.9. The van der Waals surface area contributed by atoms with Crippen LogP contribution in [0.5, 0.6) is 11.6 Å². The van der Waals surface area contributed by atoms with Crippen molar-refractivity contribution in [1.29, 1.82) is 0 Å². The van der Waals surface area contributed by atoms with Crippen LogP contribution < -0.4 is 20.1 Å². The van der Waals surface area contributed by atoms with E-state index in [-0.39, 0.29) is 11.7 Å². The number of carbonyl (C=O) groups is 1. The van der Waals surface area contributed by atoms with Crippen molar-refractivity contribution in [3.05, 3.63) is 108 Å². The van der Waals surface area contributed by atoms with E-state index in [2.05, 4.69) is 25.2 Å². The number of piperidine rings is 1. The quantitative estimate of drug-likeness (QED) is 0.217. The van der Waals surface area contributed by atoms with Crippen molar-refractivity contribution in [1.82, 2.24) is 9.88 Å². The molecular weight excluding hydrogens is 557 g/mol. The Hall–Kier alpha value is -4.48. The van der Waals surface area contributed by atoms with Crippen LogP contribution in [0.3, 0.4) is 0 Å². The summed E-state index contributed by atoms with van der Waals surface area (Å²) in [5.74, 6) is 0.435. The van der Waals surface area contributed by atoms with Gasteiger partial charge in [0.15, 0.2) is 0 Å². The van der Waals surface area contributed by atoms with E-state index in [9.17, 15) is 17.6 Å². The Bertz CT molecular complexity index is 1590. The first kappa shape index (κ1) is 29.0. The average Bonchev–Trinajstić information content (AvgIpc) is 2.97. The number of ether oxygens (including phenoxy) is 1. The summed E-state index contributed by atoms with van der Waals surface area (Å²) in [6, 6.07) is 23.9. The molecule has 9 nitrogen and oxygen atoms in total. The SMILES string of the molecule is CS(=O)(=O)Nc1ccc(Oc2ccc(CN3CCC(Nc4ccc(C(=O)Nc5ccc(F)cc5)cc4)CC3)cn2)cc1. The van der Waals surface area contributed by atoms with Crippen molar-refractivity contribution in [2.45, 2.75) is 25.4 Å². The van der Waals surface area contributed by atoms with Gasteiger partial charge in [0.25, 0.3) is 5.91 Å². The van der Waals surface area contributed by atoms with Gasteiger partial charge in [-0.1, -0.05) is 6.07 Å². The topological polar surface area (TPSA) is 113 Å². The molecule has 2 heterocycles. The number of halogens is 1. The van der Waals surface area contributed by atoms with E-state index in [1.165, 1.54) is 24.3 Å². The number of nitrogens with zero attached hydrogens (tertiary/aromatic N) is 2. The minimum Gasteiger partial charge on any atom is -0.439 e. The van der Waals surface area contributed by atoms with Crippen LogP contribution in [-0.4, -0.2) is 49.6 Å². The van der Waals surface area contributed by atoms with Gasteiger partial charge < -0.3 is 15.4 Å². The number of hydrogen-bond acceptors (Lipinski definition) is 7. The van der Waals surface area contributed by atoms with Gasteiger partial charge in [-0.15, -0.1) is 0 Å². The van der Waals surface area contributed by atoms with Crippen LogP contribution in [0.25, 0.3) is 0 Å². The number of hydrogen-bond donors (Lipinski definition) is 3. The lowest BCUT2D eigenvalue weighted by atomic mass is 10.0. The van der Waals surface area contributed by atoms with Gasteiger partial charge in [-0.25, -0.2) is 17.8 Å². The Morgan fingerprint density at radius 2 is 1.55 bits per heavy atom. The van der Waals surface area contributed by atoms with Gasteiger partial charge in [-0.3, -0.25) is 14.4 Å². The van der Waals surface area contributed by atoms with Crippen molar-refractivity contribution < 1.29 is 22.3 Å². The maximum Gasteiger partial charge on any atom is 0.255 e. The average molecular weight is 590 g/mol. The second kappa shape index (κ2) is 13.0. The minimum absolute atomic E-state index is 0.242. The molecule has 0 atom stereocenters. The zero-order chi connectivity index (χ0) is 29.5. The Balaban J connectivity index is 1.05. The molecule has 42 heavy (non-hydrogen) atoms. The van der Waals surface area contributed by atoms with Crippen LogP contribution in [0.4, 0.5) is 21.5 Å². The summed E-state index contributed by atoms with van der Waals surface area (Å²) >= 11 is 0. The largest absolute Gasteiger partial charge is 0.439 e. The molecule has 0 spiro atoms. The molecule has 3 N–H and O–H groups in total. The molecule has 0 unspecified atom stereocenters. The van der Waals surface area contributed by atoms with Gasteiger partial charge in [0, 0.05) is 60.6 Å². The Kier molecular flexibility index (Phi) is 8.99. The fourth-order valence-corrected chi connectivity index (χ4v) is 5.24. The normalized spacial score (nSPS) is 14.2. The first-order valence-corrected chi connectivity index (χ1v) is 15.4. The van der Waals surface area contributed by atoms with Crippen molar-refractivity contribution in [2.75, 3.05) is 34.7 Å². The highest BCUT2D eigenvalue weighted by Gasteiger charge is 2.19. The molecule has 3 aromatic carbocycles. The lowest BCUT2D eigenvalue weighted by molar-refractivity contribution is 0.102. The molecule has 1 saturated heterocycles. The van der Waals surface area contributed by atoms with Crippen LogP contribution >= 0.6 is 0 Å². The van der Waals surface area contributed by atoms with Gasteiger partial charge in [-0.2, -0.15) is 0 Å². The molecule has 5 rings (SSSR count). The summed E-state index contributed by atoms with van der Waals surface area (Å²) in [5, 5.41) is 6.34. The van der Waals surface area contributed by atoms with Gasteiger partial charge in [0.05, 0.1) is 6.26 Å². The summed E-state index contributed by atoms with van der Waals surface area (Å²) < 4.78 is 44.0. The number of amides is 1. The molecule has 11 heteroatoms. The van der Waals surface area contributed by atoms with Crippen LogP contribution in [0, 0.1) is 5.82 Å². The molecule has 1 fully saturated rings. The third-order valence-electron chi connectivity index (χ3n) is 6.79. The lowest BCUT2D eigenvalue weighted by Gasteiger charge is -2.32. The predicted molar refractivity (Wildman–Crippen MR) is 162 cm³/mol. The maximum atomic E-state index is 13.1. The van der Waals surface area contributed by atoms with E-state index in [1.54, 1.807) is 36.4 Å². The smallest absolute Gasteiger partial charge is 0.255 e. The summed E-state index contributed by atoms with van der Waals surface area (Å²) in [6.45, 7) is 2.69. The van der Waals surface area contributed by atoms with Crippen LogP contribution in [0.1, 0.15) is 28.8 Å². The third kappa shape index (κ3) is 8.51. The number of aromatic nitrogens is 1. The lowest BCUT2D eigenvalue weighted by Crippen LogP contribution is -2.38. The maximum absolute atomic E-state index is 13.1. The zero-order valence-electron chi connectivity index (χ0n) is 23.1. The van der Waals surface area contributed by atoms with E-state index >= 15 is 0 Å². The van der Waals surface area contributed by atoms with Gasteiger partial charge in [-0.05, 0) is 91.2 Å². The molecule has 1 aliphatic rings. The Morgan fingerprint density at radius 3 is 2.17 bits per heavy atom. The number of pyridine rings is 1. The monoisotopic (exact) mass is 589 g/mol. The standard InChI is InChI=1S/C31H32FN5O4S/c1-42(39,40)36-28-11-13-29(14-12-28)41-30-15-2-22(20-33-30)21-37-18-16-27(17-19-37)34-25-7-3-23(4-8-25)31(38)35-26-9-5-24(32)6-10-26/h2-15,20,27,34,36H,16-19,21H2,1H3,(H,35,38). The summed E-state index contributed by atoms with van der Waals surface area (Å²) in [7, 11) is -3.33. The Morgan fingerprint density at radius 1 is 0.905 bits per heavy atom. The molecule has 0 bridgehead atoms. The molecule has 4 aromatic rings. The molecule has 218 valence electrons. The van der Waals surface area contributed by atoms with E-state index in [1.807, 2.05) is 30.5 Å². The van der Waals surface area contributed by atoms with Crippen LogP contribution in [0.15, 0.2) is 91.1 Å². The van der Waals surface area contributed by atoms with E-state index in [0.717, 1.165) is 50.0 Å². The fraction of sp³-hybridized carbons (Fsp3) is 0.226. The molecule has 0 radical (unpaired) electrons. The van der Waals surface area contributed by atoms with Gasteiger partial charge in [0.2, 0.25) is 15.9 Å². The second-order valence-corrected chi connectivity index (χ2v) is 12.0. The van der Waals surface area contributed by atoms with E-state index in [4.69, 9.17) is 4.74 Å². The summed E-state index contributed by atoms with van der Waals surface area (Å²) in [6.07, 6.45) is 4.90. The summed E-state index contributed by atoms with van der Waals surface area (Å²) in [4.78, 5) is 19.3. The number of carbonyl (C=O) groups excluding carboxylic acids is 1. The van der Waals surface area contributed by atoms with E-state index < -0.39 is 10.0 Å². The Labute approximate surface area is 244 Å². The third-order valence-corrected chi connectivity index (χ3v) is 7.40. The first-order chi connectivity index (χ1) is 20.2. The molecule has 1 aromatic heterocycles. The van der Waals surface area contributed by atoms with Crippen LogP contribution in [0.2, 0.25) is 0 Å². The number of nitrogens with one attached hydrogen (secondary N) is 3. The highest BCUT2D eigenvalue weighted by Crippen LogP contribution is 2.23. The van der Waals surface area contributed by atoms with Crippen LogP contribution in [-0.2, 0) is 16.6 Å². The number of anilines is 3. The summed E-state index contributed by atoms with van der Waals surface area (Å²) in [5.41, 5.74) is 3.60. The predicted octanol–water partition coefficient (Wildman–Crippen LogP) is 5.71. The molecule has 0 aliphatic carbocycles. The fourth-order valence-electron chi connectivity index (χ4n) is 4.67. The first-order valence-electron chi connectivity index (χ1n) is 13.5. The second-order valence-electron chi connectivity index (χ2n) is 10.2. The van der Waals surface area contributed by atoms with E-state index in [0.29, 0.717) is 34.6 Å². The highest BCUT2D eigenvalue weighted by atomic mass is 32.2. The molecule has 1 amide bonds. The highest BCUT2D eigenvalue weighted by molar-refractivity contribution is 7.92. The van der Waals surface area contributed by atoms with Gasteiger partial charge >= 0.3 is 0 Å². The van der Waals surface area contributed by atoms with Crippen molar-refractivity contribution >= 4 is 33.0 Å². The number of likely N-dealkylation sites (tertiary alicyclic amines) is 1. The van der Waals surface area contributed by atoms with Crippen molar-refractivity contribution in [2.24, 2.45) is 0 Å². The molecular formula is C31H32FN5O4S. The minimum atomic E-state index is -3.33. The van der Waals surface area contributed by atoms with Crippen molar-refractivity contribution in [3.8, 4) is 11.6 Å². The molecule has 0 saturated carbocycles. The van der Waals surface area contributed by atoms with Crippen molar-refractivity contribution in [3.63, 3.8) is 0 Å².